The van der Waals surface area contributed by atoms with Crippen molar-refractivity contribution >= 4 is 0 Å². The summed E-state index contributed by atoms with van der Waals surface area (Å²) in [6.07, 6.45) is 0.413. The average molecular weight is 258 g/mol. The van der Waals surface area contributed by atoms with Gasteiger partial charge in [-0.2, -0.15) is 0 Å². The predicted molar refractivity (Wildman–Crippen MR) is 70.3 cm³/mol. The van der Waals surface area contributed by atoms with Crippen molar-refractivity contribution in [2.45, 2.75) is 58.7 Å². The van der Waals surface area contributed by atoms with Gasteiger partial charge in [0.05, 0.1) is 26.2 Å². The molecule has 0 aliphatic carbocycles. The summed E-state index contributed by atoms with van der Waals surface area (Å²) >= 11 is 0. The van der Waals surface area contributed by atoms with Gasteiger partial charge in [-0.3, -0.25) is 0 Å². The van der Waals surface area contributed by atoms with Crippen molar-refractivity contribution < 1.29 is 18.7 Å². The van der Waals surface area contributed by atoms with Gasteiger partial charge in [0, 0.05) is 0 Å². The highest BCUT2D eigenvalue weighted by Gasteiger charge is 2.52. The Labute approximate surface area is 111 Å². The maximum Gasteiger partial charge on any atom is 0.164 e. The van der Waals surface area contributed by atoms with Gasteiger partial charge < -0.3 is 18.7 Å². The molecular weight excluding hydrogens is 230 g/mol. The molecule has 0 amide bonds. The fourth-order valence-electron chi connectivity index (χ4n) is 3.22. The summed E-state index contributed by atoms with van der Waals surface area (Å²) < 4.78 is 18.9. The van der Waals surface area contributed by atoms with E-state index in [0.717, 1.165) is 30.7 Å². The minimum atomic E-state index is -0.447. The van der Waals surface area contributed by atoms with Crippen LogP contribution in [-0.2, 0) is 14.2 Å². The van der Waals surface area contributed by atoms with E-state index in [-0.39, 0.29) is 18.3 Å². The van der Waals surface area contributed by atoms with Crippen LogP contribution in [-0.4, -0.2) is 61.4 Å². The summed E-state index contributed by atoms with van der Waals surface area (Å²) in [5, 5.41) is 0. The highest BCUT2D eigenvalue weighted by atomic mass is 16.8. The topological polar surface area (TPSA) is 27.7 Å². The lowest BCUT2D eigenvalue weighted by atomic mass is 10.1. The van der Waals surface area contributed by atoms with E-state index in [0.29, 0.717) is 6.61 Å². The molecule has 0 aromatic heterocycles. The quantitative estimate of drug-likeness (QED) is 0.704. The molecule has 0 radical (unpaired) electrons. The van der Waals surface area contributed by atoms with Crippen molar-refractivity contribution in [1.29, 1.82) is 0 Å². The van der Waals surface area contributed by atoms with Crippen LogP contribution >= 0.6 is 0 Å². The fraction of sp³-hybridized carbons (Fsp3) is 1.00. The van der Waals surface area contributed by atoms with E-state index in [4.69, 9.17) is 14.2 Å². The van der Waals surface area contributed by atoms with Crippen LogP contribution in [0.3, 0.4) is 0 Å². The van der Waals surface area contributed by atoms with Gasteiger partial charge in [-0.1, -0.05) is 0 Å². The Bertz CT molecular complexity index is 280. The second-order valence-corrected chi connectivity index (χ2v) is 5.98. The molecule has 4 nitrogen and oxygen atoms in total. The van der Waals surface area contributed by atoms with E-state index in [1.54, 1.807) is 0 Å². The van der Waals surface area contributed by atoms with Gasteiger partial charge in [-0.15, -0.1) is 0 Å². The third kappa shape index (κ3) is 2.57. The van der Waals surface area contributed by atoms with Gasteiger partial charge in [0.15, 0.2) is 5.79 Å². The number of fused-ring (bicyclic) bond motifs is 1. The molecule has 0 aromatic rings. The number of nitrogens with zero attached hydrogens (tertiary/aromatic N) is 1. The van der Waals surface area contributed by atoms with Gasteiger partial charge in [0.2, 0.25) is 0 Å². The van der Waals surface area contributed by atoms with E-state index in [2.05, 4.69) is 20.8 Å². The Morgan fingerprint density at radius 2 is 1.67 bits per heavy atom. The van der Waals surface area contributed by atoms with Gasteiger partial charge in [0.1, 0.15) is 24.9 Å². The van der Waals surface area contributed by atoms with E-state index >= 15 is 0 Å². The van der Waals surface area contributed by atoms with E-state index in [1.807, 2.05) is 13.8 Å². The molecule has 2 rings (SSSR count). The largest absolute Gasteiger partial charge is 0.367 e. The molecule has 2 saturated heterocycles. The van der Waals surface area contributed by atoms with Crippen LogP contribution in [0, 0.1) is 0 Å². The van der Waals surface area contributed by atoms with E-state index in [9.17, 15) is 0 Å². The van der Waals surface area contributed by atoms with Gasteiger partial charge in [0.25, 0.3) is 0 Å². The first-order valence-corrected chi connectivity index (χ1v) is 7.27. The Kier molecular flexibility index (Phi) is 4.02. The Balaban J connectivity index is 2.02. The molecule has 2 aliphatic heterocycles. The molecule has 18 heavy (non-hydrogen) atoms. The smallest absolute Gasteiger partial charge is 0.164 e. The third-order valence-corrected chi connectivity index (χ3v) is 4.64. The zero-order chi connectivity index (χ0) is 13.4. The Morgan fingerprint density at radius 1 is 1.06 bits per heavy atom. The highest BCUT2D eigenvalue weighted by molar-refractivity contribution is 4.92. The lowest BCUT2D eigenvalue weighted by Crippen LogP contribution is -2.54. The lowest BCUT2D eigenvalue weighted by molar-refractivity contribution is -0.926. The number of hydrogen-bond donors (Lipinski definition) is 0. The minimum Gasteiger partial charge on any atom is -0.367 e. The molecule has 106 valence electrons. The molecule has 0 unspecified atom stereocenters. The normalized spacial score (nSPS) is 34.8. The summed E-state index contributed by atoms with van der Waals surface area (Å²) in [6, 6.07) is 0. The van der Waals surface area contributed by atoms with Crippen LogP contribution in [0.2, 0.25) is 0 Å². The summed E-state index contributed by atoms with van der Waals surface area (Å²) in [7, 11) is 0. The monoisotopic (exact) mass is 258 g/mol. The van der Waals surface area contributed by atoms with Gasteiger partial charge in [-0.05, 0) is 34.6 Å². The number of hydrogen-bond acceptors (Lipinski definition) is 3. The second-order valence-electron chi connectivity index (χ2n) is 5.98. The SMILES string of the molecule is CC[N+](CC)(CC)C[C@H]1OC[C@@H]2OC(C)(C)O[C@@H]21. The molecule has 2 heterocycles. The van der Waals surface area contributed by atoms with E-state index in [1.165, 1.54) is 0 Å². The number of rotatable bonds is 5. The van der Waals surface area contributed by atoms with Crippen molar-refractivity contribution in [1.82, 2.24) is 0 Å². The first-order chi connectivity index (χ1) is 8.45. The maximum atomic E-state index is 6.01. The molecule has 2 fully saturated rings. The summed E-state index contributed by atoms with van der Waals surface area (Å²) in [6.45, 7) is 15.9. The standard InChI is InChI=1S/C14H28NO3/c1-6-15(7-2,8-3)9-11-13-12(10-16-11)17-14(4,5)18-13/h11-13H,6-10H2,1-5H3/q+1/t11-,12+,13-/m1/s1. The number of quaternary nitrogens is 1. The molecule has 0 N–H and O–H groups in total. The molecular formula is C14H28NO3+. The maximum absolute atomic E-state index is 6.01. The Hall–Kier alpha value is -0.160. The zero-order valence-corrected chi connectivity index (χ0v) is 12.4. The third-order valence-electron chi connectivity index (χ3n) is 4.64. The Morgan fingerprint density at radius 3 is 2.22 bits per heavy atom. The number of likely N-dealkylation sites (N-methyl/N-ethyl adjacent to an activating group) is 1. The predicted octanol–water partition coefficient (Wildman–Crippen LogP) is 1.78. The summed E-state index contributed by atoms with van der Waals surface area (Å²) in [5.74, 6) is -0.447. The van der Waals surface area contributed by atoms with Gasteiger partial charge >= 0.3 is 0 Å². The van der Waals surface area contributed by atoms with Crippen molar-refractivity contribution in [2.75, 3.05) is 32.8 Å². The van der Waals surface area contributed by atoms with Crippen LogP contribution in [0.15, 0.2) is 0 Å². The van der Waals surface area contributed by atoms with E-state index < -0.39 is 5.79 Å². The summed E-state index contributed by atoms with van der Waals surface area (Å²) in [5.41, 5.74) is 0. The van der Waals surface area contributed by atoms with Crippen molar-refractivity contribution in [3.63, 3.8) is 0 Å². The van der Waals surface area contributed by atoms with Crippen LogP contribution in [0.4, 0.5) is 0 Å². The van der Waals surface area contributed by atoms with Crippen LogP contribution in [0.5, 0.6) is 0 Å². The number of ether oxygens (including phenoxy) is 3. The van der Waals surface area contributed by atoms with Crippen LogP contribution in [0.1, 0.15) is 34.6 Å². The molecule has 3 atom stereocenters. The fourth-order valence-corrected chi connectivity index (χ4v) is 3.22. The average Bonchev–Trinajstić information content (AvgIpc) is 2.83. The van der Waals surface area contributed by atoms with Crippen LogP contribution in [0.25, 0.3) is 0 Å². The van der Waals surface area contributed by atoms with Crippen molar-refractivity contribution in [3.05, 3.63) is 0 Å². The molecule has 2 aliphatic rings. The first kappa shape index (κ1) is 14.3. The molecule has 0 bridgehead atoms. The zero-order valence-electron chi connectivity index (χ0n) is 12.4. The van der Waals surface area contributed by atoms with Crippen LogP contribution < -0.4 is 0 Å². The summed E-state index contributed by atoms with van der Waals surface area (Å²) in [4.78, 5) is 0. The van der Waals surface area contributed by atoms with Crippen molar-refractivity contribution in [2.24, 2.45) is 0 Å². The molecule has 0 saturated carbocycles. The molecule has 0 spiro atoms. The molecule has 4 heteroatoms. The highest BCUT2D eigenvalue weighted by Crippen LogP contribution is 2.36. The molecule has 0 aromatic carbocycles. The minimum absolute atomic E-state index is 0.113. The van der Waals surface area contributed by atoms with Crippen molar-refractivity contribution in [3.8, 4) is 0 Å². The first-order valence-electron chi connectivity index (χ1n) is 7.27. The van der Waals surface area contributed by atoms with Gasteiger partial charge in [-0.25, -0.2) is 0 Å². The lowest BCUT2D eigenvalue weighted by Gasteiger charge is -2.38. The second kappa shape index (κ2) is 5.08.